The predicted octanol–water partition coefficient (Wildman–Crippen LogP) is 2.94. The molecule has 2 rings (SSSR count). The van der Waals surface area contributed by atoms with Crippen molar-refractivity contribution in [2.75, 3.05) is 11.9 Å². The number of benzene rings is 2. The summed E-state index contributed by atoms with van der Waals surface area (Å²) in [6, 6.07) is 11.6. The Morgan fingerprint density at radius 3 is 2.30 bits per heavy atom. The normalized spacial score (nSPS) is 10.3. The van der Waals surface area contributed by atoms with Crippen LogP contribution in [0.25, 0.3) is 0 Å². The number of hydrogen-bond acceptors (Lipinski definition) is 3. The van der Waals surface area contributed by atoms with Gasteiger partial charge in [-0.25, -0.2) is 0 Å². The van der Waals surface area contributed by atoms with E-state index in [0.29, 0.717) is 0 Å². The topological polar surface area (TPSA) is 60.8 Å². The van der Waals surface area contributed by atoms with Crippen LogP contribution < -0.4 is 4.90 Å². The summed E-state index contributed by atoms with van der Waals surface area (Å²) in [5.74, 6) is -0.632. The van der Waals surface area contributed by atoms with Gasteiger partial charge in [0, 0.05) is 18.8 Å². The molecule has 104 valence electrons. The molecule has 0 radical (unpaired) electrons. The maximum absolute atomic E-state index is 12.3. The highest BCUT2D eigenvalue weighted by Gasteiger charge is 2.17. The van der Waals surface area contributed by atoms with Gasteiger partial charge < -0.3 is 15.1 Å². The van der Waals surface area contributed by atoms with E-state index in [-0.39, 0.29) is 23.0 Å². The quantitative estimate of drug-likeness (QED) is 0.902. The van der Waals surface area contributed by atoms with E-state index < -0.39 is 0 Å². The number of rotatable bonds is 3. The van der Waals surface area contributed by atoms with Gasteiger partial charge in [-0.3, -0.25) is 4.79 Å². The number of nitrogens with zero attached hydrogens (tertiary/aromatic N) is 1. The minimum atomic E-state index is -0.327. The van der Waals surface area contributed by atoms with Crippen LogP contribution in [0.5, 0.6) is 11.5 Å². The zero-order valence-corrected chi connectivity index (χ0v) is 11.5. The van der Waals surface area contributed by atoms with E-state index in [9.17, 15) is 15.0 Å². The highest BCUT2D eigenvalue weighted by molar-refractivity contribution is 6.07. The summed E-state index contributed by atoms with van der Waals surface area (Å²) in [7, 11) is 1.65. The van der Waals surface area contributed by atoms with Crippen molar-refractivity contribution in [1.82, 2.24) is 0 Å². The van der Waals surface area contributed by atoms with Gasteiger partial charge in [0.1, 0.15) is 11.5 Å². The van der Waals surface area contributed by atoms with E-state index in [0.717, 1.165) is 18.2 Å². The van der Waals surface area contributed by atoms with Crippen molar-refractivity contribution in [3.8, 4) is 11.5 Å². The van der Waals surface area contributed by atoms with Crippen molar-refractivity contribution in [2.45, 2.75) is 13.3 Å². The van der Waals surface area contributed by atoms with Crippen LogP contribution in [0.1, 0.15) is 22.8 Å². The van der Waals surface area contributed by atoms with Crippen molar-refractivity contribution in [2.24, 2.45) is 0 Å². The molecule has 0 spiro atoms. The average molecular weight is 271 g/mol. The number of amides is 1. The molecular weight excluding hydrogens is 254 g/mol. The molecule has 0 aliphatic rings. The number of carbonyl (C=O) groups excluding carboxylic acids is 1. The SMILES string of the molecule is CCc1ccc(N(C)C(=O)c2ccc(O)cc2O)cc1. The summed E-state index contributed by atoms with van der Waals surface area (Å²) in [6.07, 6.45) is 0.941. The lowest BCUT2D eigenvalue weighted by Gasteiger charge is -2.18. The Kier molecular flexibility index (Phi) is 3.94. The molecule has 0 saturated carbocycles. The fourth-order valence-electron chi connectivity index (χ4n) is 1.95. The van der Waals surface area contributed by atoms with Crippen LogP contribution >= 0.6 is 0 Å². The van der Waals surface area contributed by atoms with E-state index in [1.54, 1.807) is 7.05 Å². The van der Waals surface area contributed by atoms with Crippen LogP contribution in [0, 0.1) is 0 Å². The second-order valence-corrected chi connectivity index (χ2v) is 4.59. The number of anilines is 1. The molecule has 0 bridgehead atoms. The summed E-state index contributed by atoms with van der Waals surface area (Å²) < 4.78 is 0. The Labute approximate surface area is 117 Å². The van der Waals surface area contributed by atoms with Crippen LogP contribution in [0.4, 0.5) is 5.69 Å². The van der Waals surface area contributed by atoms with Crippen molar-refractivity contribution >= 4 is 11.6 Å². The molecule has 0 fully saturated rings. The van der Waals surface area contributed by atoms with Gasteiger partial charge in [-0.05, 0) is 36.2 Å². The van der Waals surface area contributed by atoms with Gasteiger partial charge in [0.15, 0.2) is 0 Å². The molecule has 0 saturated heterocycles. The summed E-state index contributed by atoms with van der Waals surface area (Å²) in [6.45, 7) is 2.07. The third-order valence-electron chi connectivity index (χ3n) is 3.25. The molecular formula is C16H17NO3. The van der Waals surface area contributed by atoms with Crippen molar-refractivity contribution in [1.29, 1.82) is 0 Å². The van der Waals surface area contributed by atoms with Crippen molar-refractivity contribution in [3.63, 3.8) is 0 Å². The molecule has 0 aromatic heterocycles. The van der Waals surface area contributed by atoms with E-state index >= 15 is 0 Å². The van der Waals surface area contributed by atoms with Gasteiger partial charge in [0.25, 0.3) is 5.91 Å². The highest BCUT2D eigenvalue weighted by atomic mass is 16.3. The average Bonchev–Trinajstić information content (AvgIpc) is 2.46. The van der Waals surface area contributed by atoms with E-state index in [1.165, 1.54) is 22.6 Å². The molecule has 4 heteroatoms. The van der Waals surface area contributed by atoms with Gasteiger partial charge >= 0.3 is 0 Å². The smallest absolute Gasteiger partial charge is 0.261 e. The van der Waals surface area contributed by atoms with Gasteiger partial charge in [0.05, 0.1) is 5.56 Å². The first-order chi connectivity index (χ1) is 9.52. The first kappa shape index (κ1) is 13.9. The van der Waals surface area contributed by atoms with Crippen molar-refractivity contribution in [3.05, 3.63) is 53.6 Å². The van der Waals surface area contributed by atoms with E-state index in [1.807, 2.05) is 24.3 Å². The number of phenolic OH excluding ortho intramolecular Hbond substituents is 2. The predicted molar refractivity (Wildman–Crippen MR) is 78.3 cm³/mol. The Hall–Kier alpha value is -2.49. The zero-order valence-electron chi connectivity index (χ0n) is 11.5. The molecule has 0 heterocycles. The van der Waals surface area contributed by atoms with Gasteiger partial charge in [0.2, 0.25) is 0 Å². The number of aromatic hydroxyl groups is 2. The Morgan fingerprint density at radius 1 is 1.10 bits per heavy atom. The summed E-state index contributed by atoms with van der Waals surface area (Å²) >= 11 is 0. The Bertz CT molecular complexity index is 620. The van der Waals surface area contributed by atoms with Crippen LogP contribution in [-0.4, -0.2) is 23.2 Å². The minimum absolute atomic E-state index is 0.0750. The molecule has 0 aliphatic carbocycles. The second kappa shape index (κ2) is 5.65. The lowest BCUT2D eigenvalue weighted by molar-refractivity contribution is 0.0990. The zero-order chi connectivity index (χ0) is 14.7. The third-order valence-corrected chi connectivity index (χ3v) is 3.25. The number of aryl methyl sites for hydroxylation is 1. The first-order valence-electron chi connectivity index (χ1n) is 6.42. The monoisotopic (exact) mass is 271 g/mol. The van der Waals surface area contributed by atoms with Crippen LogP contribution in [0.2, 0.25) is 0 Å². The summed E-state index contributed by atoms with van der Waals surface area (Å²) in [4.78, 5) is 13.8. The standard InChI is InChI=1S/C16H17NO3/c1-3-11-4-6-12(7-5-11)17(2)16(20)14-9-8-13(18)10-15(14)19/h4-10,18-19H,3H2,1-2H3. The molecule has 20 heavy (non-hydrogen) atoms. The second-order valence-electron chi connectivity index (χ2n) is 4.59. The molecule has 0 unspecified atom stereocenters. The third kappa shape index (κ3) is 2.74. The maximum atomic E-state index is 12.3. The van der Waals surface area contributed by atoms with E-state index in [2.05, 4.69) is 6.92 Å². The van der Waals surface area contributed by atoms with Crippen LogP contribution in [0.15, 0.2) is 42.5 Å². The van der Waals surface area contributed by atoms with Crippen molar-refractivity contribution < 1.29 is 15.0 Å². The number of carbonyl (C=O) groups is 1. The molecule has 2 aromatic carbocycles. The molecule has 0 atom stereocenters. The lowest BCUT2D eigenvalue weighted by atomic mass is 10.1. The Balaban J connectivity index is 2.27. The largest absolute Gasteiger partial charge is 0.508 e. The fourth-order valence-corrected chi connectivity index (χ4v) is 1.95. The highest BCUT2D eigenvalue weighted by Crippen LogP contribution is 2.25. The van der Waals surface area contributed by atoms with Crippen LogP contribution in [0.3, 0.4) is 0 Å². The van der Waals surface area contributed by atoms with Gasteiger partial charge in [-0.15, -0.1) is 0 Å². The van der Waals surface area contributed by atoms with E-state index in [4.69, 9.17) is 0 Å². The first-order valence-corrected chi connectivity index (χ1v) is 6.42. The number of hydrogen-bond donors (Lipinski definition) is 2. The molecule has 1 amide bonds. The number of phenols is 2. The van der Waals surface area contributed by atoms with Crippen LogP contribution in [-0.2, 0) is 6.42 Å². The minimum Gasteiger partial charge on any atom is -0.508 e. The van der Waals surface area contributed by atoms with Gasteiger partial charge in [-0.1, -0.05) is 19.1 Å². The summed E-state index contributed by atoms with van der Waals surface area (Å²) in [5, 5.41) is 19.0. The fraction of sp³-hybridized carbons (Fsp3) is 0.188. The lowest BCUT2D eigenvalue weighted by Crippen LogP contribution is -2.26. The maximum Gasteiger partial charge on any atom is 0.261 e. The summed E-state index contributed by atoms with van der Waals surface area (Å²) in [5.41, 5.74) is 2.10. The van der Waals surface area contributed by atoms with Gasteiger partial charge in [-0.2, -0.15) is 0 Å². The molecule has 2 aromatic rings. The Morgan fingerprint density at radius 2 is 1.75 bits per heavy atom. The molecule has 0 aliphatic heterocycles. The molecule has 2 N–H and O–H groups in total. The molecule has 4 nitrogen and oxygen atoms in total.